The minimum absolute atomic E-state index is 0. The maximum atomic E-state index is 3.63. The summed E-state index contributed by atoms with van der Waals surface area (Å²) in [6.07, 6.45) is 14.2. The molecule has 0 amide bonds. The number of hydrogen-bond acceptors (Lipinski definition) is 0. The average molecular weight is 265 g/mol. The summed E-state index contributed by atoms with van der Waals surface area (Å²) < 4.78 is 0. The zero-order valence-corrected chi connectivity index (χ0v) is 14.4. The highest BCUT2D eigenvalue weighted by atomic mass is 13.9. The third-order valence-corrected chi connectivity index (χ3v) is 2.42. The van der Waals surface area contributed by atoms with Gasteiger partial charge in [-0.05, 0) is 25.2 Å². The molecule has 0 aromatic heterocycles. The fraction of sp³-hybridized carbons (Fsp3) is 0.778. The maximum Gasteiger partial charge on any atom is 0 e. The monoisotopic (exact) mass is 265 g/mol. The number of allylic oxidation sites excluding steroid dienone is 2. The Balaban J connectivity index is -0.0000000878. The van der Waals surface area contributed by atoms with E-state index in [-0.39, 0.29) is 8.41 Å². The summed E-state index contributed by atoms with van der Waals surface area (Å²) in [6.45, 7) is 18.3. The van der Waals surface area contributed by atoms with E-state index in [1.54, 1.807) is 0 Å². The number of rotatable bonds is 8. The summed E-state index contributed by atoms with van der Waals surface area (Å²) in [7, 11) is 0. The molecule has 0 fully saturated rings. The van der Waals surface area contributed by atoms with Crippen molar-refractivity contribution < 1.29 is 0 Å². The minimum Gasteiger partial charge on any atom is -0.103 e. The Morgan fingerprint density at radius 1 is 0.789 bits per heavy atom. The Kier molecular flexibility index (Phi) is 43.3. The van der Waals surface area contributed by atoms with E-state index in [2.05, 4.69) is 47.8 Å². The van der Waals surface area contributed by atoms with Crippen molar-refractivity contribution in [2.24, 2.45) is 5.92 Å². The van der Waals surface area contributed by atoms with Crippen LogP contribution in [0.4, 0.5) is 0 Å². The van der Waals surface area contributed by atoms with Crippen LogP contribution in [0.2, 0.25) is 0 Å². The van der Waals surface area contributed by atoms with Gasteiger partial charge in [-0.3, -0.25) is 0 Å². The van der Waals surface area contributed by atoms with Crippen LogP contribution in [0.1, 0.15) is 86.0 Å². The number of unbranched alkanes of at least 4 members (excludes halogenated alkanes) is 4. The van der Waals surface area contributed by atoms with Gasteiger partial charge in [-0.2, -0.15) is 0 Å². The molecule has 19 heavy (non-hydrogen) atoms. The van der Waals surface area contributed by atoms with Gasteiger partial charge < -0.3 is 0 Å². The van der Waals surface area contributed by atoms with Crippen LogP contribution in [0.25, 0.3) is 0 Å². The summed E-state index contributed by atoms with van der Waals surface area (Å²) in [5.74, 6) is 0.831. The molecule has 0 nitrogen and oxygen atoms in total. The smallest absolute Gasteiger partial charge is 0 e. The molecule has 1 heteroatoms. The predicted molar refractivity (Wildman–Crippen MR) is 94.9 cm³/mol. The second-order valence-corrected chi connectivity index (χ2v) is 5.04. The SMILES string of the molecule is C=CCCC(C)C.C=CCCCC.CCCCC.[B]. The van der Waals surface area contributed by atoms with Crippen molar-refractivity contribution in [2.45, 2.75) is 86.0 Å². The van der Waals surface area contributed by atoms with Gasteiger partial charge in [-0.1, -0.05) is 78.9 Å². The van der Waals surface area contributed by atoms with Crippen LogP contribution >= 0.6 is 0 Å². The molecule has 0 aliphatic heterocycles. The molecule has 0 aliphatic carbocycles. The van der Waals surface area contributed by atoms with Gasteiger partial charge >= 0.3 is 0 Å². The maximum absolute atomic E-state index is 3.63. The lowest BCUT2D eigenvalue weighted by molar-refractivity contribution is 0.595. The summed E-state index contributed by atoms with van der Waals surface area (Å²) >= 11 is 0. The van der Waals surface area contributed by atoms with Crippen molar-refractivity contribution in [1.82, 2.24) is 0 Å². The Morgan fingerprint density at radius 3 is 1.32 bits per heavy atom. The Labute approximate surface area is 126 Å². The predicted octanol–water partition coefficient (Wildman–Crippen LogP) is 6.79. The van der Waals surface area contributed by atoms with E-state index >= 15 is 0 Å². The van der Waals surface area contributed by atoms with Gasteiger partial charge in [0.25, 0.3) is 0 Å². The van der Waals surface area contributed by atoms with Crippen molar-refractivity contribution in [1.29, 1.82) is 0 Å². The minimum atomic E-state index is 0. The second-order valence-electron chi connectivity index (χ2n) is 5.04. The first-order valence-corrected chi connectivity index (χ1v) is 7.82. The highest BCUT2D eigenvalue weighted by molar-refractivity contribution is 5.75. The fourth-order valence-electron chi connectivity index (χ4n) is 1.15. The van der Waals surface area contributed by atoms with Crippen molar-refractivity contribution >= 4 is 8.41 Å². The van der Waals surface area contributed by atoms with Gasteiger partial charge in [0, 0.05) is 8.41 Å². The van der Waals surface area contributed by atoms with Gasteiger partial charge in [-0.15, -0.1) is 13.2 Å². The van der Waals surface area contributed by atoms with Gasteiger partial charge in [-0.25, -0.2) is 0 Å². The first-order valence-electron chi connectivity index (χ1n) is 7.82. The van der Waals surface area contributed by atoms with Gasteiger partial charge in [0.1, 0.15) is 0 Å². The summed E-state index contributed by atoms with van der Waals surface area (Å²) in [4.78, 5) is 0. The Bertz CT molecular complexity index is 137. The van der Waals surface area contributed by atoms with E-state index in [1.807, 2.05) is 12.2 Å². The normalized spacial score (nSPS) is 8.32. The first kappa shape index (κ1) is 27.0. The molecule has 113 valence electrons. The highest BCUT2D eigenvalue weighted by Gasteiger charge is 1.87. The Hall–Kier alpha value is -0.455. The van der Waals surface area contributed by atoms with Crippen molar-refractivity contribution in [2.75, 3.05) is 0 Å². The van der Waals surface area contributed by atoms with Crippen LogP contribution in [-0.2, 0) is 0 Å². The van der Waals surface area contributed by atoms with Gasteiger partial charge in [0.15, 0.2) is 0 Å². The lowest BCUT2D eigenvalue weighted by atomic mass is 10.1. The molecule has 0 aromatic carbocycles. The van der Waals surface area contributed by atoms with Gasteiger partial charge in [0.05, 0.1) is 0 Å². The molecule has 0 N–H and O–H groups in total. The number of hydrogen-bond donors (Lipinski definition) is 0. The molecule has 3 radical (unpaired) electrons. The molecular weight excluding hydrogens is 227 g/mol. The van der Waals surface area contributed by atoms with Crippen molar-refractivity contribution in [3.8, 4) is 0 Å². The van der Waals surface area contributed by atoms with Crippen LogP contribution < -0.4 is 0 Å². The topological polar surface area (TPSA) is 0 Å². The van der Waals surface area contributed by atoms with E-state index < -0.39 is 0 Å². The van der Waals surface area contributed by atoms with E-state index in [1.165, 1.54) is 44.9 Å². The van der Waals surface area contributed by atoms with E-state index in [0.717, 1.165) is 12.3 Å². The largest absolute Gasteiger partial charge is 0.103 e. The second kappa shape index (κ2) is 30.5. The summed E-state index contributed by atoms with van der Waals surface area (Å²) in [5.41, 5.74) is 0. The van der Waals surface area contributed by atoms with Crippen LogP contribution in [0.5, 0.6) is 0 Å². The van der Waals surface area contributed by atoms with E-state index in [4.69, 9.17) is 0 Å². The van der Waals surface area contributed by atoms with Gasteiger partial charge in [0.2, 0.25) is 0 Å². The molecule has 0 spiro atoms. The summed E-state index contributed by atoms with van der Waals surface area (Å²) in [5, 5.41) is 0. The molecule has 0 saturated carbocycles. The van der Waals surface area contributed by atoms with Crippen molar-refractivity contribution in [3.63, 3.8) is 0 Å². The molecule has 0 aliphatic rings. The van der Waals surface area contributed by atoms with Crippen molar-refractivity contribution in [3.05, 3.63) is 25.3 Å². The molecule has 0 saturated heterocycles. The third-order valence-electron chi connectivity index (χ3n) is 2.42. The van der Waals surface area contributed by atoms with Crippen LogP contribution in [0.15, 0.2) is 25.3 Å². The highest BCUT2D eigenvalue weighted by Crippen LogP contribution is 2.02. The lowest BCUT2D eigenvalue weighted by Gasteiger charge is -1.96. The molecule has 0 bridgehead atoms. The molecule has 0 atom stereocenters. The average Bonchev–Trinajstić information content (AvgIpc) is 2.36. The Morgan fingerprint density at radius 2 is 1.21 bits per heavy atom. The first-order chi connectivity index (χ1) is 8.60. The fourth-order valence-corrected chi connectivity index (χ4v) is 1.15. The van der Waals surface area contributed by atoms with Crippen LogP contribution in [-0.4, -0.2) is 8.41 Å². The zero-order valence-electron chi connectivity index (χ0n) is 14.4. The summed E-state index contributed by atoms with van der Waals surface area (Å²) in [6, 6.07) is 0. The molecular formula is C18H38B. The molecule has 0 heterocycles. The van der Waals surface area contributed by atoms with Crippen LogP contribution in [0.3, 0.4) is 0 Å². The molecule has 0 aromatic rings. The molecule has 0 unspecified atom stereocenters. The quantitative estimate of drug-likeness (QED) is 0.257. The third kappa shape index (κ3) is 58.1. The zero-order chi connectivity index (χ0) is 14.6. The molecule has 0 rings (SSSR count). The van der Waals surface area contributed by atoms with E-state index in [0.29, 0.717) is 0 Å². The van der Waals surface area contributed by atoms with E-state index in [9.17, 15) is 0 Å². The standard InChI is InChI=1S/C7H14.C6H12.C5H12.B/c1-4-5-6-7(2)3;1-3-5-6-4-2;1-3-5-4-2;/h4,7H,1,5-6H2,2-3H3;3H,1,4-6H2,2H3;3-5H2,1-2H3;. The lowest BCUT2D eigenvalue weighted by Crippen LogP contribution is -1.82. The van der Waals surface area contributed by atoms with Crippen LogP contribution in [0, 0.1) is 5.92 Å².